The number of thioether (sulfide) groups is 1. The van der Waals surface area contributed by atoms with Crippen LogP contribution in [0.3, 0.4) is 0 Å². The summed E-state index contributed by atoms with van der Waals surface area (Å²) < 4.78 is 18.1. The number of hydrogen-bond acceptors (Lipinski definition) is 7. The van der Waals surface area contributed by atoms with Gasteiger partial charge in [-0.2, -0.15) is 0 Å². The van der Waals surface area contributed by atoms with Crippen molar-refractivity contribution in [3.05, 3.63) is 77.2 Å². The molecule has 2 heterocycles. The smallest absolute Gasteiger partial charge is 0.341 e. The lowest BCUT2D eigenvalue weighted by Gasteiger charge is -2.12. The summed E-state index contributed by atoms with van der Waals surface area (Å²) in [5.41, 5.74) is 3.38. The standard InChI is InChI=1S/C24H23N3O4S/c1-15-9-11-17(12-10-15)27-22(19-7-5-6-8-21(19)29-3)25-26-24(27)32-14-18-13-20(16(2)31-18)23(28)30-4/h5-13H,14H2,1-4H3. The molecule has 0 spiro atoms. The van der Waals surface area contributed by atoms with Gasteiger partial charge in [0.05, 0.1) is 25.5 Å². The zero-order valence-electron chi connectivity index (χ0n) is 18.3. The Labute approximate surface area is 190 Å². The van der Waals surface area contributed by atoms with Gasteiger partial charge in [0, 0.05) is 5.69 Å². The maximum absolute atomic E-state index is 11.9. The van der Waals surface area contributed by atoms with Crippen LogP contribution in [-0.4, -0.2) is 35.0 Å². The number of hydrogen-bond donors (Lipinski definition) is 0. The Hall–Kier alpha value is -3.52. The van der Waals surface area contributed by atoms with Gasteiger partial charge < -0.3 is 13.9 Å². The van der Waals surface area contributed by atoms with E-state index in [1.165, 1.54) is 18.9 Å². The fourth-order valence-corrected chi connectivity index (χ4v) is 4.19. The van der Waals surface area contributed by atoms with Gasteiger partial charge in [0.1, 0.15) is 22.8 Å². The molecule has 0 bridgehead atoms. The van der Waals surface area contributed by atoms with E-state index >= 15 is 0 Å². The Kier molecular flexibility index (Phi) is 6.32. The fraction of sp³-hybridized carbons (Fsp3) is 0.208. The number of carbonyl (C=O) groups is 1. The predicted molar refractivity (Wildman–Crippen MR) is 122 cm³/mol. The summed E-state index contributed by atoms with van der Waals surface area (Å²) in [5, 5.41) is 9.62. The van der Waals surface area contributed by atoms with E-state index in [1.54, 1.807) is 20.1 Å². The highest BCUT2D eigenvalue weighted by molar-refractivity contribution is 7.98. The molecule has 0 aliphatic rings. The molecule has 0 saturated carbocycles. The maximum atomic E-state index is 11.9. The van der Waals surface area contributed by atoms with Crippen molar-refractivity contribution in [1.82, 2.24) is 14.8 Å². The molecule has 7 nitrogen and oxygen atoms in total. The Bertz CT molecular complexity index is 1240. The molecule has 8 heteroatoms. The number of ether oxygens (including phenoxy) is 2. The van der Waals surface area contributed by atoms with Gasteiger partial charge in [-0.15, -0.1) is 10.2 Å². The van der Waals surface area contributed by atoms with Crippen molar-refractivity contribution in [3.8, 4) is 22.8 Å². The Morgan fingerprint density at radius 3 is 2.53 bits per heavy atom. The van der Waals surface area contributed by atoms with Crippen LogP contribution in [0.5, 0.6) is 5.75 Å². The second-order valence-corrected chi connectivity index (χ2v) is 8.08. The normalized spacial score (nSPS) is 10.9. The first kappa shape index (κ1) is 21.7. The molecule has 4 aromatic rings. The minimum absolute atomic E-state index is 0.413. The van der Waals surface area contributed by atoms with Crippen LogP contribution in [0.15, 0.2) is 64.2 Å². The van der Waals surface area contributed by atoms with Crippen LogP contribution in [-0.2, 0) is 10.5 Å². The number of aromatic nitrogens is 3. The molecule has 0 fully saturated rings. The highest BCUT2D eigenvalue weighted by Gasteiger charge is 2.20. The van der Waals surface area contributed by atoms with Gasteiger partial charge in [-0.3, -0.25) is 4.57 Å². The zero-order valence-corrected chi connectivity index (χ0v) is 19.1. The summed E-state index contributed by atoms with van der Waals surface area (Å²) in [6, 6.07) is 17.6. The van der Waals surface area contributed by atoms with Crippen molar-refractivity contribution in [2.75, 3.05) is 14.2 Å². The van der Waals surface area contributed by atoms with E-state index in [4.69, 9.17) is 13.9 Å². The van der Waals surface area contributed by atoms with Crippen LogP contribution in [0.25, 0.3) is 17.1 Å². The molecule has 0 atom stereocenters. The van der Waals surface area contributed by atoms with Crippen molar-refractivity contribution in [1.29, 1.82) is 0 Å². The van der Waals surface area contributed by atoms with Gasteiger partial charge in [0.15, 0.2) is 11.0 Å². The largest absolute Gasteiger partial charge is 0.496 e. The third-order valence-corrected chi connectivity index (χ3v) is 5.94. The zero-order chi connectivity index (χ0) is 22.7. The monoisotopic (exact) mass is 449 g/mol. The SMILES string of the molecule is COC(=O)c1cc(CSc2nnc(-c3ccccc3OC)n2-c2ccc(C)cc2)oc1C. The van der Waals surface area contributed by atoms with Gasteiger partial charge in [-0.25, -0.2) is 4.79 Å². The third-order valence-electron chi connectivity index (χ3n) is 4.99. The topological polar surface area (TPSA) is 79.4 Å². The Morgan fingerprint density at radius 2 is 1.81 bits per heavy atom. The highest BCUT2D eigenvalue weighted by atomic mass is 32.2. The summed E-state index contributed by atoms with van der Waals surface area (Å²) in [6.45, 7) is 3.79. The molecule has 0 aliphatic carbocycles. The van der Waals surface area contributed by atoms with E-state index in [-0.39, 0.29) is 0 Å². The first-order valence-electron chi connectivity index (χ1n) is 9.98. The molecule has 0 aliphatic heterocycles. The van der Waals surface area contributed by atoms with Crippen LogP contribution >= 0.6 is 11.8 Å². The van der Waals surface area contributed by atoms with Gasteiger partial charge in [0.2, 0.25) is 0 Å². The lowest BCUT2D eigenvalue weighted by molar-refractivity contribution is 0.0599. The number of carbonyl (C=O) groups excluding carboxylic acids is 1. The Morgan fingerprint density at radius 1 is 1.06 bits per heavy atom. The second-order valence-electron chi connectivity index (χ2n) is 7.14. The van der Waals surface area contributed by atoms with E-state index in [9.17, 15) is 4.79 Å². The maximum Gasteiger partial charge on any atom is 0.341 e. The van der Waals surface area contributed by atoms with Crippen LogP contribution < -0.4 is 4.74 Å². The minimum Gasteiger partial charge on any atom is -0.496 e. The molecule has 0 radical (unpaired) electrons. The molecule has 4 rings (SSSR count). The Balaban J connectivity index is 1.72. The molecule has 2 aromatic heterocycles. The fourth-order valence-electron chi connectivity index (χ4n) is 3.36. The molecule has 0 saturated heterocycles. The molecular weight excluding hydrogens is 426 g/mol. The van der Waals surface area contributed by atoms with E-state index in [0.29, 0.717) is 39.6 Å². The number of rotatable bonds is 7. The van der Waals surface area contributed by atoms with E-state index < -0.39 is 5.97 Å². The summed E-state index contributed by atoms with van der Waals surface area (Å²) >= 11 is 1.47. The second kappa shape index (κ2) is 9.32. The summed E-state index contributed by atoms with van der Waals surface area (Å²) in [7, 11) is 2.99. The van der Waals surface area contributed by atoms with Gasteiger partial charge >= 0.3 is 5.97 Å². The lowest BCUT2D eigenvalue weighted by Crippen LogP contribution is -2.01. The summed E-state index contributed by atoms with van der Waals surface area (Å²) in [5.74, 6) is 2.65. The average Bonchev–Trinajstić information content (AvgIpc) is 3.40. The van der Waals surface area contributed by atoms with Gasteiger partial charge in [-0.1, -0.05) is 41.6 Å². The van der Waals surface area contributed by atoms with Crippen molar-refractivity contribution in [2.24, 2.45) is 0 Å². The molecule has 0 N–H and O–H groups in total. The van der Waals surface area contributed by atoms with Crippen molar-refractivity contribution >= 4 is 17.7 Å². The van der Waals surface area contributed by atoms with Gasteiger partial charge in [-0.05, 0) is 44.2 Å². The third kappa shape index (κ3) is 4.27. The first-order valence-corrected chi connectivity index (χ1v) is 11.0. The van der Waals surface area contributed by atoms with E-state index in [0.717, 1.165) is 16.8 Å². The lowest BCUT2D eigenvalue weighted by atomic mass is 10.1. The van der Waals surface area contributed by atoms with E-state index in [2.05, 4.69) is 10.2 Å². The van der Waals surface area contributed by atoms with Crippen molar-refractivity contribution < 1.29 is 18.7 Å². The molecular formula is C24H23N3O4S. The quantitative estimate of drug-likeness (QED) is 0.282. The number of aryl methyl sites for hydroxylation is 2. The minimum atomic E-state index is -0.413. The molecule has 2 aromatic carbocycles. The summed E-state index contributed by atoms with van der Waals surface area (Å²) in [4.78, 5) is 11.9. The highest BCUT2D eigenvalue weighted by Crippen LogP contribution is 2.34. The van der Waals surface area contributed by atoms with Crippen LogP contribution in [0, 0.1) is 13.8 Å². The van der Waals surface area contributed by atoms with Crippen LogP contribution in [0.4, 0.5) is 0 Å². The number of nitrogens with zero attached hydrogens (tertiary/aromatic N) is 3. The summed E-state index contributed by atoms with van der Waals surface area (Å²) in [6.07, 6.45) is 0. The first-order chi connectivity index (χ1) is 15.5. The van der Waals surface area contributed by atoms with Crippen LogP contribution in [0.2, 0.25) is 0 Å². The number of methoxy groups -OCH3 is 2. The number of furan rings is 1. The molecule has 0 amide bonds. The molecule has 164 valence electrons. The molecule has 0 unspecified atom stereocenters. The number of para-hydroxylation sites is 1. The van der Waals surface area contributed by atoms with Crippen molar-refractivity contribution in [2.45, 2.75) is 24.8 Å². The molecule has 32 heavy (non-hydrogen) atoms. The predicted octanol–water partition coefficient (Wildman–Crippen LogP) is 5.23. The van der Waals surface area contributed by atoms with E-state index in [1.807, 2.05) is 60.0 Å². The van der Waals surface area contributed by atoms with Crippen molar-refractivity contribution in [3.63, 3.8) is 0 Å². The van der Waals surface area contributed by atoms with Crippen LogP contribution in [0.1, 0.15) is 27.4 Å². The number of esters is 1. The number of benzene rings is 2. The average molecular weight is 450 g/mol. The van der Waals surface area contributed by atoms with Gasteiger partial charge in [0.25, 0.3) is 0 Å².